The average molecular weight is 228 g/mol. The normalized spacial score (nSPS) is 14.9. The highest BCUT2D eigenvalue weighted by molar-refractivity contribution is 7.99. The van der Waals surface area contributed by atoms with Crippen LogP contribution in [-0.4, -0.2) is 40.2 Å². The molecule has 4 N–H and O–H groups in total. The second-order valence-corrected chi connectivity index (χ2v) is 4.42. The quantitative estimate of drug-likeness (QED) is 0.646. The van der Waals surface area contributed by atoms with Gasteiger partial charge in [0.15, 0.2) is 0 Å². The summed E-state index contributed by atoms with van der Waals surface area (Å²) >= 11 is 1.53. The molecule has 84 valence electrons. The number of aliphatic hydroxyl groups excluding tert-OH is 2. The molecule has 1 aromatic rings. The summed E-state index contributed by atoms with van der Waals surface area (Å²) in [5, 5.41) is 18.0. The van der Waals surface area contributed by atoms with Crippen LogP contribution in [0.5, 0.6) is 0 Å². The molecule has 15 heavy (non-hydrogen) atoms. The first-order valence-electron chi connectivity index (χ1n) is 4.78. The van der Waals surface area contributed by atoms with Gasteiger partial charge in [0.05, 0.1) is 12.7 Å². The lowest BCUT2D eigenvalue weighted by Gasteiger charge is -2.15. The Morgan fingerprint density at radius 3 is 2.87 bits per heavy atom. The van der Waals surface area contributed by atoms with Gasteiger partial charge >= 0.3 is 0 Å². The van der Waals surface area contributed by atoms with Crippen LogP contribution in [0.1, 0.15) is 10.8 Å². The first kappa shape index (κ1) is 12.4. The van der Waals surface area contributed by atoms with Gasteiger partial charge in [0.25, 0.3) is 0 Å². The van der Waals surface area contributed by atoms with Gasteiger partial charge in [-0.15, -0.1) is 11.8 Å². The van der Waals surface area contributed by atoms with E-state index in [4.69, 9.17) is 10.8 Å². The molecule has 0 spiro atoms. The molecule has 0 aliphatic rings. The minimum Gasteiger partial charge on any atom is -0.394 e. The smallest absolute Gasteiger partial charge is 0.0861 e. The first-order valence-corrected chi connectivity index (χ1v) is 5.83. The third kappa shape index (κ3) is 4.17. The molecule has 0 saturated carbocycles. The van der Waals surface area contributed by atoms with Gasteiger partial charge < -0.3 is 15.9 Å². The minimum atomic E-state index is -0.680. The molecular weight excluding hydrogens is 212 g/mol. The molecule has 0 amide bonds. The molecule has 4 nitrogen and oxygen atoms in total. The van der Waals surface area contributed by atoms with Crippen LogP contribution in [-0.2, 0) is 0 Å². The van der Waals surface area contributed by atoms with Gasteiger partial charge in [-0.25, -0.2) is 0 Å². The van der Waals surface area contributed by atoms with Crippen LogP contribution in [0.15, 0.2) is 24.5 Å². The van der Waals surface area contributed by atoms with Crippen molar-refractivity contribution in [2.45, 2.75) is 11.4 Å². The molecule has 2 unspecified atom stereocenters. The standard InChI is InChI=1S/C10H16N2O2S/c11-4-10(15-7-9(14)6-13)8-2-1-3-12-5-8/h1-3,5,9-10,13-14H,4,6-7,11H2. The van der Waals surface area contributed by atoms with Crippen LogP contribution < -0.4 is 5.73 Å². The summed E-state index contributed by atoms with van der Waals surface area (Å²) < 4.78 is 0. The Hall–Kier alpha value is -0.620. The Balaban J connectivity index is 2.50. The van der Waals surface area contributed by atoms with Gasteiger partial charge in [0.2, 0.25) is 0 Å². The largest absolute Gasteiger partial charge is 0.394 e. The Bertz CT molecular complexity index is 271. The van der Waals surface area contributed by atoms with Crippen LogP contribution in [0, 0.1) is 0 Å². The van der Waals surface area contributed by atoms with Gasteiger partial charge in [-0.05, 0) is 11.6 Å². The molecule has 0 fully saturated rings. The fourth-order valence-electron chi connectivity index (χ4n) is 1.15. The first-order chi connectivity index (χ1) is 7.27. The molecule has 0 saturated heterocycles. The van der Waals surface area contributed by atoms with Crippen LogP contribution in [0.25, 0.3) is 0 Å². The minimum absolute atomic E-state index is 0.125. The van der Waals surface area contributed by atoms with Gasteiger partial charge in [-0.3, -0.25) is 4.98 Å². The highest BCUT2D eigenvalue weighted by atomic mass is 32.2. The Kier molecular flexibility index (Phi) is 5.63. The van der Waals surface area contributed by atoms with Crippen molar-refractivity contribution in [3.63, 3.8) is 0 Å². The van der Waals surface area contributed by atoms with Crippen molar-refractivity contribution in [3.8, 4) is 0 Å². The van der Waals surface area contributed by atoms with Crippen LogP contribution in [0.4, 0.5) is 0 Å². The molecule has 0 radical (unpaired) electrons. The number of hydrogen-bond acceptors (Lipinski definition) is 5. The van der Waals surface area contributed by atoms with Crippen molar-refractivity contribution >= 4 is 11.8 Å². The van der Waals surface area contributed by atoms with Gasteiger partial charge in [0.1, 0.15) is 0 Å². The number of hydrogen-bond donors (Lipinski definition) is 3. The van der Waals surface area contributed by atoms with Gasteiger partial charge in [-0.2, -0.15) is 0 Å². The van der Waals surface area contributed by atoms with Crippen LogP contribution >= 0.6 is 11.8 Å². The molecule has 1 rings (SSSR count). The molecule has 1 heterocycles. The van der Waals surface area contributed by atoms with E-state index < -0.39 is 6.10 Å². The number of thioether (sulfide) groups is 1. The fraction of sp³-hybridized carbons (Fsp3) is 0.500. The van der Waals surface area contributed by atoms with Crippen molar-refractivity contribution < 1.29 is 10.2 Å². The molecular formula is C10H16N2O2S. The third-order valence-electron chi connectivity index (χ3n) is 1.97. The zero-order valence-corrected chi connectivity index (χ0v) is 9.23. The van der Waals surface area contributed by atoms with Gasteiger partial charge in [0, 0.05) is 29.9 Å². The van der Waals surface area contributed by atoms with E-state index in [1.807, 2.05) is 12.1 Å². The SMILES string of the molecule is NCC(SCC(O)CO)c1cccnc1. The predicted octanol–water partition coefficient (Wildman–Crippen LogP) is 0.168. The number of pyridine rings is 1. The fourth-order valence-corrected chi connectivity index (χ4v) is 2.17. The van der Waals surface area contributed by atoms with E-state index in [-0.39, 0.29) is 11.9 Å². The predicted molar refractivity (Wildman–Crippen MR) is 61.6 cm³/mol. The highest BCUT2D eigenvalue weighted by Crippen LogP contribution is 2.27. The Morgan fingerprint density at radius 1 is 1.53 bits per heavy atom. The number of nitrogens with two attached hydrogens (primary N) is 1. The van der Waals surface area contributed by atoms with E-state index in [1.54, 1.807) is 12.4 Å². The van der Waals surface area contributed by atoms with E-state index >= 15 is 0 Å². The summed E-state index contributed by atoms with van der Waals surface area (Å²) in [7, 11) is 0. The number of rotatable bonds is 6. The lowest BCUT2D eigenvalue weighted by molar-refractivity contribution is 0.113. The highest BCUT2D eigenvalue weighted by Gasteiger charge is 2.12. The van der Waals surface area contributed by atoms with Crippen LogP contribution in [0.3, 0.4) is 0 Å². The molecule has 0 aliphatic carbocycles. The monoisotopic (exact) mass is 228 g/mol. The van der Waals surface area contributed by atoms with E-state index in [1.165, 1.54) is 11.8 Å². The summed E-state index contributed by atoms with van der Waals surface area (Å²) in [4.78, 5) is 4.02. The maximum Gasteiger partial charge on any atom is 0.0861 e. The second kappa shape index (κ2) is 6.79. The lowest BCUT2D eigenvalue weighted by atomic mass is 10.2. The molecule has 5 heteroatoms. The maximum absolute atomic E-state index is 9.22. The summed E-state index contributed by atoms with van der Waals surface area (Å²) in [6.45, 7) is 0.284. The zero-order chi connectivity index (χ0) is 11.1. The van der Waals surface area contributed by atoms with Gasteiger partial charge in [-0.1, -0.05) is 6.07 Å². The van der Waals surface area contributed by atoms with Crippen LogP contribution in [0.2, 0.25) is 0 Å². The second-order valence-electron chi connectivity index (χ2n) is 3.18. The Morgan fingerprint density at radius 2 is 2.33 bits per heavy atom. The topological polar surface area (TPSA) is 79.4 Å². The van der Waals surface area contributed by atoms with Crippen molar-refractivity contribution in [2.75, 3.05) is 18.9 Å². The average Bonchev–Trinajstić information content (AvgIpc) is 2.31. The molecule has 0 aliphatic heterocycles. The summed E-state index contributed by atoms with van der Waals surface area (Å²) in [6, 6.07) is 3.82. The molecule has 0 aromatic carbocycles. The number of aromatic nitrogens is 1. The zero-order valence-electron chi connectivity index (χ0n) is 8.41. The number of aliphatic hydroxyl groups is 2. The molecule has 1 aromatic heterocycles. The van der Waals surface area contributed by atoms with Crippen molar-refractivity contribution in [1.82, 2.24) is 4.98 Å². The third-order valence-corrected chi connectivity index (χ3v) is 3.42. The van der Waals surface area contributed by atoms with Crippen molar-refractivity contribution in [2.24, 2.45) is 5.73 Å². The summed E-state index contributed by atoms with van der Waals surface area (Å²) in [5.74, 6) is 0.479. The van der Waals surface area contributed by atoms with Crippen molar-refractivity contribution in [3.05, 3.63) is 30.1 Å². The Labute approximate surface area is 93.5 Å². The molecule has 0 bridgehead atoms. The summed E-state index contributed by atoms with van der Waals surface area (Å²) in [6.07, 6.45) is 2.81. The number of nitrogens with zero attached hydrogens (tertiary/aromatic N) is 1. The van der Waals surface area contributed by atoms with E-state index in [0.717, 1.165) is 5.56 Å². The van der Waals surface area contributed by atoms with E-state index in [0.29, 0.717) is 12.3 Å². The lowest BCUT2D eigenvalue weighted by Crippen LogP contribution is -2.18. The summed E-state index contributed by atoms with van der Waals surface area (Å²) in [5.41, 5.74) is 6.69. The molecule has 2 atom stereocenters. The maximum atomic E-state index is 9.22. The van der Waals surface area contributed by atoms with Crippen molar-refractivity contribution in [1.29, 1.82) is 0 Å². The van der Waals surface area contributed by atoms with E-state index in [2.05, 4.69) is 4.98 Å². The van der Waals surface area contributed by atoms with E-state index in [9.17, 15) is 5.11 Å².